The van der Waals surface area contributed by atoms with E-state index >= 15 is 0 Å². The van der Waals surface area contributed by atoms with Gasteiger partial charge in [-0.3, -0.25) is 14.6 Å². The Labute approximate surface area is 176 Å². The molecule has 7 nitrogen and oxygen atoms in total. The number of amides is 2. The lowest BCUT2D eigenvalue weighted by molar-refractivity contribution is -0.155. The first kappa shape index (κ1) is 20.5. The lowest BCUT2D eigenvalue weighted by atomic mass is 9.91. The summed E-state index contributed by atoms with van der Waals surface area (Å²) in [5.74, 6) is -0.146. The van der Waals surface area contributed by atoms with E-state index in [0.717, 1.165) is 5.56 Å². The number of morpholine rings is 1. The molecule has 0 unspecified atom stereocenters. The summed E-state index contributed by atoms with van der Waals surface area (Å²) in [6, 6.07) is 14.7. The number of carbonyl (C=O) groups is 2. The Morgan fingerprint density at radius 1 is 1.03 bits per heavy atom. The van der Waals surface area contributed by atoms with Gasteiger partial charge in [-0.2, -0.15) is 0 Å². The maximum absolute atomic E-state index is 13.4. The van der Waals surface area contributed by atoms with Crippen LogP contribution in [0.1, 0.15) is 34.9 Å². The minimum absolute atomic E-state index is 0.0792. The van der Waals surface area contributed by atoms with E-state index in [2.05, 4.69) is 4.98 Å². The fourth-order valence-electron chi connectivity index (χ4n) is 4.39. The molecule has 1 aromatic heterocycles. The number of aromatic nitrogens is 1. The van der Waals surface area contributed by atoms with E-state index in [1.54, 1.807) is 29.3 Å². The number of aliphatic hydroxyl groups is 1. The highest BCUT2D eigenvalue weighted by Crippen LogP contribution is 2.32. The van der Waals surface area contributed by atoms with E-state index in [1.165, 1.54) is 0 Å². The number of rotatable bonds is 4. The summed E-state index contributed by atoms with van der Waals surface area (Å²) >= 11 is 0. The Kier molecular flexibility index (Phi) is 6.40. The largest absolute Gasteiger partial charge is 0.394 e. The molecule has 0 bridgehead atoms. The Hall–Kier alpha value is -2.77. The van der Waals surface area contributed by atoms with Gasteiger partial charge in [-0.15, -0.1) is 0 Å². The summed E-state index contributed by atoms with van der Waals surface area (Å²) in [7, 11) is 0. The number of hydrogen-bond acceptors (Lipinski definition) is 5. The zero-order valence-electron chi connectivity index (χ0n) is 16.9. The van der Waals surface area contributed by atoms with Gasteiger partial charge in [-0.1, -0.05) is 36.4 Å². The van der Waals surface area contributed by atoms with Gasteiger partial charge in [-0.05, 0) is 30.5 Å². The van der Waals surface area contributed by atoms with Crippen LogP contribution < -0.4 is 0 Å². The Balaban J connectivity index is 1.44. The number of ether oxygens (including phenoxy) is 1. The lowest BCUT2D eigenvalue weighted by Crippen LogP contribution is -2.52. The number of benzene rings is 1. The second-order valence-corrected chi connectivity index (χ2v) is 7.76. The molecule has 2 saturated heterocycles. The minimum Gasteiger partial charge on any atom is -0.394 e. The number of likely N-dealkylation sites (tertiary alicyclic amines) is 1. The molecule has 2 amide bonds. The van der Waals surface area contributed by atoms with Crippen LogP contribution in [0.4, 0.5) is 0 Å². The van der Waals surface area contributed by atoms with Crippen LogP contribution >= 0.6 is 0 Å². The highest BCUT2D eigenvalue weighted by atomic mass is 16.5. The third-order valence-corrected chi connectivity index (χ3v) is 5.97. The van der Waals surface area contributed by atoms with E-state index < -0.39 is 6.10 Å². The van der Waals surface area contributed by atoms with Crippen molar-refractivity contribution in [2.45, 2.75) is 25.0 Å². The summed E-state index contributed by atoms with van der Waals surface area (Å²) < 4.78 is 5.76. The predicted octanol–water partition coefficient (Wildman–Crippen LogP) is 1.89. The maximum atomic E-state index is 13.4. The van der Waals surface area contributed by atoms with Gasteiger partial charge in [0.2, 0.25) is 5.91 Å². The summed E-state index contributed by atoms with van der Waals surface area (Å²) in [6.45, 7) is 1.85. The number of aliphatic hydroxyl groups excluding tert-OH is 1. The highest BCUT2D eigenvalue weighted by Gasteiger charge is 2.39. The van der Waals surface area contributed by atoms with Crippen LogP contribution in [0.2, 0.25) is 0 Å². The molecule has 0 spiro atoms. The summed E-state index contributed by atoms with van der Waals surface area (Å²) in [6.07, 6.45) is 2.43. The number of hydrogen-bond donors (Lipinski definition) is 1. The molecule has 158 valence electrons. The van der Waals surface area contributed by atoms with Crippen LogP contribution in [0.5, 0.6) is 0 Å². The Bertz CT molecular complexity index is 853. The molecule has 2 aliphatic heterocycles. The molecule has 0 saturated carbocycles. The number of nitrogens with zero attached hydrogens (tertiary/aromatic N) is 3. The van der Waals surface area contributed by atoms with Gasteiger partial charge < -0.3 is 19.6 Å². The third-order valence-electron chi connectivity index (χ3n) is 5.97. The lowest BCUT2D eigenvalue weighted by Gasteiger charge is -2.43. The fourth-order valence-corrected chi connectivity index (χ4v) is 4.39. The molecule has 7 heteroatoms. The summed E-state index contributed by atoms with van der Waals surface area (Å²) in [5, 5.41) is 9.82. The van der Waals surface area contributed by atoms with Crippen LogP contribution in [0.15, 0.2) is 54.7 Å². The predicted molar refractivity (Wildman–Crippen MR) is 111 cm³/mol. The van der Waals surface area contributed by atoms with Crippen LogP contribution in [-0.4, -0.2) is 70.7 Å². The van der Waals surface area contributed by atoms with Crippen LogP contribution in [0.25, 0.3) is 0 Å². The Morgan fingerprint density at radius 3 is 2.43 bits per heavy atom. The molecular weight excluding hydrogens is 382 g/mol. The van der Waals surface area contributed by atoms with Crippen LogP contribution in [-0.2, 0) is 9.53 Å². The third kappa shape index (κ3) is 4.22. The van der Waals surface area contributed by atoms with Crippen molar-refractivity contribution in [2.75, 3.05) is 32.8 Å². The van der Waals surface area contributed by atoms with Crippen molar-refractivity contribution in [3.63, 3.8) is 0 Å². The molecule has 2 atom stereocenters. The molecule has 1 aromatic carbocycles. The molecule has 2 aliphatic rings. The van der Waals surface area contributed by atoms with Gasteiger partial charge >= 0.3 is 0 Å². The van der Waals surface area contributed by atoms with Gasteiger partial charge in [-0.25, -0.2) is 0 Å². The zero-order valence-corrected chi connectivity index (χ0v) is 16.9. The van der Waals surface area contributed by atoms with Gasteiger partial charge in [0.15, 0.2) is 0 Å². The fraction of sp³-hybridized carbons (Fsp3) is 0.435. The van der Waals surface area contributed by atoms with E-state index in [0.29, 0.717) is 44.8 Å². The van der Waals surface area contributed by atoms with E-state index in [1.807, 2.05) is 35.2 Å². The minimum atomic E-state index is -0.434. The van der Waals surface area contributed by atoms with Gasteiger partial charge in [0.1, 0.15) is 11.8 Å². The molecule has 4 rings (SSSR count). The molecule has 0 aliphatic carbocycles. The second-order valence-electron chi connectivity index (χ2n) is 7.76. The summed E-state index contributed by atoms with van der Waals surface area (Å²) in [5.41, 5.74) is 1.40. The SMILES string of the molecule is O=C(c1ccccn1)N1CCC(C(=O)N2CCO[C@H](CO)[C@H]2c2ccccc2)CC1. The van der Waals surface area contributed by atoms with Gasteiger partial charge in [0, 0.05) is 31.7 Å². The van der Waals surface area contributed by atoms with Crippen molar-refractivity contribution in [2.24, 2.45) is 5.92 Å². The molecule has 30 heavy (non-hydrogen) atoms. The molecule has 2 fully saturated rings. The van der Waals surface area contributed by atoms with E-state index in [4.69, 9.17) is 4.74 Å². The number of carbonyl (C=O) groups excluding carboxylic acids is 2. The average molecular weight is 409 g/mol. The van der Waals surface area contributed by atoms with E-state index in [-0.39, 0.29) is 30.4 Å². The van der Waals surface area contributed by atoms with E-state index in [9.17, 15) is 14.7 Å². The summed E-state index contributed by atoms with van der Waals surface area (Å²) in [4.78, 5) is 33.8. The molecule has 3 heterocycles. The van der Waals surface area contributed by atoms with Crippen LogP contribution in [0.3, 0.4) is 0 Å². The second kappa shape index (κ2) is 9.36. The first-order valence-electron chi connectivity index (χ1n) is 10.5. The van der Waals surface area contributed by atoms with Crippen molar-refractivity contribution in [1.82, 2.24) is 14.8 Å². The molecular formula is C23H27N3O4. The zero-order chi connectivity index (χ0) is 20.9. The standard InChI is InChI=1S/C23H27N3O4/c27-16-20-21(17-6-2-1-3-7-17)26(14-15-30-20)22(28)18-9-12-25(13-10-18)23(29)19-8-4-5-11-24-19/h1-8,11,18,20-21,27H,9-10,12-16H2/t20-,21-/m1/s1. The van der Waals surface area contributed by atoms with Gasteiger partial charge in [0.25, 0.3) is 5.91 Å². The van der Waals surface area contributed by atoms with Crippen molar-refractivity contribution < 1.29 is 19.4 Å². The number of pyridine rings is 1. The monoisotopic (exact) mass is 409 g/mol. The van der Waals surface area contributed by atoms with Crippen LogP contribution in [0, 0.1) is 5.92 Å². The topological polar surface area (TPSA) is 83.0 Å². The molecule has 0 radical (unpaired) electrons. The quantitative estimate of drug-likeness (QED) is 0.834. The highest BCUT2D eigenvalue weighted by molar-refractivity contribution is 5.92. The first-order valence-corrected chi connectivity index (χ1v) is 10.5. The maximum Gasteiger partial charge on any atom is 0.272 e. The molecule has 2 aromatic rings. The van der Waals surface area contributed by atoms with Crippen molar-refractivity contribution >= 4 is 11.8 Å². The van der Waals surface area contributed by atoms with Crippen molar-refractivity contribution in [3.05, 3.63) is 66.0 Å². The van der Waals surface area contributed by atoms with Crippen molar-refractivity contribution in [1.29, 1.82) is 0 Å². The normalized spacial score (nSPS) is 22.7. The average Bonchev–Trinajstić information content (AvgIpc) is 2.83. The Morgan fingerprint density at radius 2 is 1.77 bits per heavy atom. The smallest absolute Gasteiger partial charge is 0.272 e. The van der Waals surface area contributed by atoms with Crippen molar-refractivity contribution in [3.8, 4) is 0 Å². The molecule has 1 N–H and O–H groups in total. The first-order chi connectivity index (χ1) is 14.7. The van der Waals surface area contributed by atoms with Gasteiger partial charge in [0.05, 0.1) is 19.3 Å². The number of piperidine rings is 1.